The van der Waals surface area contributed by atoms with Crippen LogP contribution >= 0.6 is 0 Å². The fourth-order valence-electron chi connectivity index (χ4n) is 1.84. The maximum absolute atomic E-state index is 11.5. The lowest BCUT2D eigenvalue weighted by molar-refractivity contribution is 0.276. The molecule has 0 radical (unpaired) electrons. The molecule has 2 N–H and O–H groups in total. The number of anilines is 1. The van der Waals surface area contributed by atoms with E-state index in [1.165, 1.54) is 0 Å². The molecule has 0 saturated carbocycles. The topological polar surface area (TPSA) is 85.0 Å². The van der Waals surface area contributed by atoms with Crippen LogP contribution in [0.5, 0.6) is 0 Å². The third-order valence-corrected chi connectivity index (χ3v) is 2.93. The van der Waals surface area contributed by atoms with Gasteiger partial charge in [-0.2, -0.15) is 0 Å². The Morgan fingerprint density at radius 3 is 2.95 bits per heavy atom. The van der Waals surface area contributed by atoms with Gasteiger partial charge in [0.1, 0.15) is 5.69 Å². The van der Waals surface area contributed by atoms with Crippen LogP contribution in [-0.4, -0.2) is 31.3 Å². The maximum atomic E-state index is 11.5. The molecule has 0 atom stereocenters. The molecule has 2 aromatic heterocycles. The van der Waals surface area contributed by atoms with Gasteiger partial charge in [0.2, 0.25) is 0 Å². The molecule has 0 saturated heterocycles. The van der Waals surface area contributed by atoms with Crippen LogP contribution in [0.4, 0.5) is 5.69 Å². The average Bonchev–Trinajstić information content (AvgIpc) is 2.92. The van der Waals surface area contributed by atoms with Crippen molar-refractivity contribution in [1.29, 1.82) is 0 Å². The molecular weight excluding hydrogens is 258 g/mol. The predicted octanol–water partition coefficient (Wildman–Crippen LogP) is 0.454. The fourth-order valence-corrected chi connectivity index (χ4v) is 1.84. The molecule has 0 fully saturated rings. The summed E-state index contributed by atoms with van der Waals surface area (Å²) >= 11 is 0. The van der Waals surface area contributed by atoms with Gasteiger partial charge in [0.05, 0.1) is 18.4 Å². The van der Waals surface area contributed by atoms with Gasteiger partial charge < -0.3 is 15.0 Å². The monoisotopic (exact) mass is 277 g/mol. The number of hydrogen-bond acceptors (Lipinski definition) is 5. The minimum absolute atomic E-state index is 0.00648. The third kappa shape index (κ3) is 3.67. The van der Waals surface area contributed by atoms with E-state index < -0.39 is 0 Å². The molecule has 2 aromatic rings. The zero-order chi connectivity index (χ0) is 14.4. The third-order valence-electron chi connectivity index (χ3n) is 2.93. The fraction of sp³-hybridized carbons (Fsp3) is 0.462. The van der Waals surface area contributed by atoms with E-state index in [9.17, 15) is 4.79 Å². The highest BCUT2D eigenvalue weighted by atomic mass is 16.3. The number of hydrogen-bond donors (Lipinski definition) is 2. The first kappa shape index (κ1) is 14.3. The second-order valence-electron chi connectivity index (χ2n) is 4.45. The molecule has 7 nitrogen and oxygen atoms in total. The smallest absolute Gasteiger partial charge is 0.250 e. The summed E-state index contributed by atoms with van der Waals surface area (Å²) in [5.74, 6) is 0. The first-order chi connectivity index (χ1) is 9.72. The van der Waals surface area contributed by atoms with Gasteiger partial charge in [-0.05, 0) is 19.4 Å². The van der Waals surface area contributed by atoms with Crippen LogP contribution < -0.4 is 10.9 Å². The van der Waals surface area contributed by atoms with E-state index in [1.807, 2.05) is 13.1 Å². The van der Waals surface area contributed by atoms with Crippen molar-refractivity contribution in [3.8, 4) is 0 Å². The Labute approximate surface area is 116 Å². The lowest BCUT2D eigenvalue weighted by Crippen LogP contribution is -2.17. The van der Waals surface area contributed by atoms with Crippen molar-refractivity contribution in [2.45, 2.75) is 33.0 Å². The van der Waals surface area contributed by atoms with Gasteiger partial charge in [-0.15, -0.1) is 5.10 Å². The van der Waals surface area contributed by atoms with Crippen LogP contribution in [0, 0.1) is 0 Å². The van der Waals surface area contributed by atoms with E-state index in [2.05, 4.69) is 15.6 Å². The SMILES string of the molecule is CCn1cc(NCc2cn(CCCO)nn2)ccc1=O. The number of aliphatic hydroxyl groups is 1. The number of rotatable bonds is 7. The van der Waals surface area contributed by atoms with E-state index in [4.69, 9.17) is 5.11 Å². The molecule has 0 aliphatic rings. The Hall–Kier alpha value is -2.15. The average molecular weight is 277 g/mol. The molecular formula is C13H19N5O2. The normalized spacial score (nSPS) is 10.7. The van der Waals surface area contributed by atoms with Crippen LogP contribution in [0.25, 0.3) is 0 Å². The zero-order valence-corrected chi connectivity index (χ0v) is 11.5. The number of nitrogens with zero attached hydrogens (tertiary/aromatic N) is 4. The van der Waals surface area contributed by atoms with Gasteiger partial charge in [-0.3, -0.25) is 9.48 Å². The van der Waals surface area contributed by atoms with Crippen molar-refractivity contribution >= 4 is 5.69 Å². The molecule has 0 aliphatic carbocycles. The van der Waals surface area contributed by atoms with Gasteiger partial charge in [-0.25, -0.2) is 0 Å². The number of pyridine rings is 1. The Morgan fingerprint density at radius 2 is 2.20 bits per heavy atom. The molecule has 0 aliphatic heterocycles. The van der Waals surface area contributed by atoms with Gasteiger partial charge in [0.25, 0.3) is 5.56 Å². The van der Waals surface area contributed by atoms with Crippen LogP contribution in [0.3, 0.4) is 0 Å². The van der Waals surface area contributed by atoms with Crippen molar-refractivity contribution in [3.63, 3.8) is 0 Å². The molecule has 0 bridgehead atoms. The molecule has 0 aromatic carbocycles. The lowest BCUT2D eigenvalue weighted by atomic mass is 10.3. The summed E-state index contributed by atoms with van der Waals surface area (Å²) in [5.41, 5.74) is 1.68. The molecule has 2 rings (SSSR count). The Kier molecular flexibility index (Phi) is 4.89. The van der Waals surface area contributed by atoms with Crippen molar-refractivity contribution in [3.05, 3.63) is 40.6 Å². The first-order valence-corrected chi connectivity index (χ1v) is 6.67. The summed E-state index contributed by atoms with van der Waals surface area (Å²) in [6.07, 6.45) is 4.30. The predicted molar refractivity (Wildman–Crippen MR) is 75.4 cm³/mol. The minimum Gasteiger partial charge on any atom is -0.396 e. The first-order valence-electron chi connectivity index (χ1n) is 6.67. The highest BCUT2D eigenvalue weighted by Crippen LogP contribution is 2.05. The Morgan fingerprint density at radius 1 is 1.35 bits per heavy atom. The second kappa shape index (κ2) is 6.85. The summed E-state index contributed by atoms with van der Waals surface area (Å²) in [5, 5.41) is 20.0. The summed E-state index contributed by atoms with van der Waals surface area (Å²) in [6, 6.07) is 3.30. The van der Waals surface area contributed by atoms with Gasteiger partial charge in [0.15, 0.2) is 0 Å². The molecule has 7 heteroatoms. The summed E-state index contributed by atoms with van der Waals surface area (Å²) in [4.78, 5) is 11.5. The molecule has 0 amide bonds. The molecule has 108 valence electrons. The Balaban J connectivity index is 1.94. The zero-order valence-electron chi connectivity index (χ0n) is 11.5. The highest BCUT2D eigenvalue weighted by Gasteiger charge is 2.02. The number of aryl methyl sites for hydroxylation is 2. The van der Waals surface area contributed by atoms with Crippen LogP contribution in [0.2, 0.25) is 0 Å². The van der Waals surface area contributed by atoms with E-state index >= 15 is 0 Å². The number of aromatic nitrogens is 4. The van der Waals surface area contributed by atoms with Gasteiger partial charge >= 0.3 is 0 Å². The summed E-state index contributed by atoms with van der Waals surface area (Å²) in [6.45, 7) is 3.92. The van der Waals surface area contributed by atoms with Gasteiger partial charge in [0, 0.05) is 32.0 Å². The highest BCUT2D eigenvalue weighted by molar-refractivity contribution is 5.40. The van der Waals surface area contributed by atoms with Crippen LogP contribution in [-0.2, 0) is 19.6 Å². The number of nitrogens with one attached hydrogen (secondary N) is 1. The van der Waals surface area contributed by atoms with Crippen molar-refractivity contribution in [2.75, 3.05) is 11.9 Å². The Bertz CT molecular complexity index is 605. The molecule has 2 heterocycles. The van der Waals surface area contributed by atoms with Gasteiger partial charge in [-0.1, -0.05) is 5.21 Å². The molecule has 20 heavy (non-hydrogen) atoms. The van der Waals surface area contributed by atoms with Crippen molar-refractivity contribution < 1.29 is 5.11 Å². The van der Waals surface area contributed by atoms with E-state index in [0.29, 0.717) is 26.1 Å². The maximum Gasteiger partial charge on any atom is 0.250 e. The minimum atomic E-state index is -0.00648. The van der Waals surface area contributed by atoms with E-state index in [1.54, 1.807) is 27.6 Å². The quantitative estimate of drug-likeness (QED) is 0.767. The van der Waals surface area contributed by atoms with Crippen LogP contribution in [0.15, 0.2) is 29.3 Å². The lowest BCUT2D eigenvalue weighted by Gasteiger charge is -2.07. The van der Waals surface area contributed by atoms with Crippen molar-refractivity contribution in [2.24, 2.45) is 0 Å². The summed E-state index contributed by atoms with van der Waals surface area (Å²) in [7, 11) is 0. The number of aliphatic hydroxyl groups excluding tert-OH is 1. The van der Waals surface area contributed by atoms with Crippen molar-refractivity contribution in [1.82, 2.24) is 19.6 Å². The standard InChI is InChI=1S/C13H19N5O2/c1-2-17-9-11(4-5-13(17)20)14-8-12-10-18(16-15-12)6-3-7-19/h4-5,9-10,14,19H,2-3,6-8H2,1H3. The second-order valence-corrected chi connectivity index (χ2v) is 4.45. The molecule has 0 spiro atoms. The summed E-state index contributed by atoms with van der Waals surface area (Å²) < 4.78 is 3.35. The van der Waals surface area contributed by atoms with E-state index in [-0.39, 0.29) is 12.2 Å². The largest absolute Gasteiger partial charge is 0.396 e. The van der Waals surface area contributed by atoms with E-state index in [0.717, 1.165) is 11.4 Å². The molecule has 0 unspecified atom stereocenters. The van der Waals surface area contributed by atoms with Crippen LogP contribution in [0.1, 0.15) is 19.0 Å².